The maximum absolute atomic E-state index is 12.7. The van der Waals surface area contributed by atoms with Gasteiger partial charge in [-0.05, 0) is 39.2 Å². The van der Waals surface area contributed by atoms with Crippen LogP contribution >= 0.6 is 0 Å². The molecule has 0 amide bonds. The topological polar surface area (TPSA) is 26.3 Å². The number of hydrogen-bond donors (Lipinski definition) is 0. The van der Waals surface area contributed by atoms with Gasteiger partial charge in [-0.1, -0.05) is 66.7 Å². The molecule has 1 atom stereocenters. The van der Waals surface area contributed by atoms with Crippen molar-refractivity contribution in [2.75, 3.05) is 0 Å². The Kier molecular flexibility index (Phi) is 3.10. The van der Waals surface area contributed by atoms with E-state index in [0.29, 0.717) is 5.56 Å². The van der Waals surface area contributed by atoms with Crippen molar-refractivity contribution in [1.82, 2.24) is 0 Å². The van der Waals surface area contributed by atoms with Crippen LogP contribution in [0.25, 0.3) is 21.5 Å². The smallest absolute Gasteiger partial charge is 0.338 e. The summed E-state index contributed by atoms with van der Waals surface area (Å²) in [6.45, 7) is 0. The lowest BCUT2D eigenvalue weighted by Crippen LogP contribution is -2.11. The lowest BCUT2D eigenvalue weighted by Gasteiger charge is -2.14. The Morgan fingerprint density at radius 1 is 0.800 bits per heavy atom. The average Bonchev–Trinajstić information content (AvgIpc) is 3.01. The minimum absolute atomic E-state index is 0.208. The standard InChI is InChI=1S/C23H16O2/c24-23(19-12-11-15-5-1-2-6-17(15)13-19)25-21-14-18-9-3-7-16-8-4-10-20(21)22(16)18/h1-13,21H,14H2. The normalized spacial score (nSPS) is 15.6. The van der Waals surface area contributed by atoms with Gasteiger partial charge in [0.2, 0.25) is 0 Å². The van der Waals surface area contributed by atoms with Crippen LogP contribution in [0.4, 0.5) is 0 Å². The highest BCUT2D eigenvalue weighted by Crippen LogP contribution is 2.39. The van der Waals surface area contributed by atoms with E-state index in [-0.39, 0.29) is 12.1 Å². The maximum Gasteiger partial charge on any atom is 0.338 e. The Labute approximate surface area is 145 Å². The zero-order valence-corrected chi connectivity index (χ0v) is 13.6. The minimum atomic E-state index is -0.263. The highest BCUT2D eigenvalue weighted by molar-refractivity contribution is 5.96. The Morgan fingerprint density at radius 3 is 2.44 bits per heavy atom. The molecule has 1 unspecified atom stereocenters. The van der Waals surface area contributed by atoms with E-state index in [1.165, 1.54) is 16.3 Å². The molecule has 0 aromatic heterocycles. The predicted octanol–water partition coefficient (Wildman–Crippen LogP) is 5.45. The molecular weight excluding hydrogens is 308 g/mol. The van der Waals surface area contributed by atoms with Gasteiger partial charge < -0.3 is 4.74 Å². The molecule has 0 saturated heterocycles. The highest BCUT2D eigenvalue weighted by atomic mass is 16.5. The minimum Gasteiger partial charge on any atom is -0.454 e. The summed E-state index contributed by atoms with van der Waals surface area (Å²) >= 11 is 0. The molecule has 2 heteroatoms. The van der Waals surface area contributed by atoms with Crippen molar-refractivity contribution < 1.29 is 9.53 Å². The van der Waals surface area contributed by atoms with Crippen molar-refractivity contribution in [2.24, 2.45) is 0 Å². The van der Waals surface area contributed by atoms with Crippen LogP contribution in [0.2, 0.25) is 0 Å². The summed E-state index contributed by atoms with van der Waals surface area (Å²) in [5.41, 5.74) is 2.97. The monoisotopic (exact) mass is 324 g/mol. The van der Waals surface area contributed by atoms with Gasteiger partial charge in [-0.25, -0.2) is 4.79 Å². The lowest BCUT2D eigenvalue weighted by molar-refractivity contribution is 0.0311. The third kappa shape index (κ3) is 2.30. The molecule has 25 heavy (non-hydrogen) atoms. The van der Waals surface area contributed by atoms with Crippen molar-refractivity contribution in [3.05, 3.63) is 95.6 Å². The van der Waals surface area contributed by atoms with Gasteiger partial charge in [-0.2, -0.15) is 0 Å². The van der Waals surface area contributed by atoms with Crippen LogP contribution in [0.15, 0.2) is 78.9 Å². The van der Waals surface area contributed by atoms with Crippen molar-refractivity contribution >= 4 is 27.5 Å². The van der Waals surface area contributed by atoms with E-state index in [4.69, 9.17) is 4.74 Å². The summed E-state index contributed by atoms with van der Waals surface area (Å²) < 4.78 is 5.88. The molecular formula is C23H16O2. The maximum atomic E-state index is 12.7. The van der Waals surface area contributed by atoms with Gasteiger partial charge in [0.1, 0.15) is 6.10 Å². The molecule has 0 fully saturated rings. The van der Waals surface area contributed by atoms with Gasteiger partial charge >= 0.3 is 5.97 Å². The molecule has 1 aliphatic rings. The Hall–Kier alpha value is -3.13. The first kappa shape index (κ1) is 14.2. The molecule has 0 N–H and O–H groups in total. The van der Waals surface area contributed by atoms with Gasteiger partial charge in [0.05, 0.1) is 5.56 Å². The van der Waals surface area contributed by atoms with E-state index < -0.39 is 0 Å². The molecule has 4 aromatic rings. The second-order valence-corrected chi connectivity index (χ2v) is 6.52. The molecule has 0 saturated carbocycles. The number of benzene rings is 4. The lowest BCUT2D eigenvalue weighted by atomic mass is 10.1. The van der Waals surface area contributed by atoms with E-state index in [1.807, 2.05) is 48.5 Å². The van der Waals surface area contributed by atoms with Crippen LogP contribution in [0.1, 0.15) is 27.6 Å². The summed E-state index contributed by atoms with van der Waals surface area (Å²) in [6, 6.07) is 26.2. The molecule has 0 heterocycles. The molecule has 0 aliphatic heterocycles. The second kappa shape index (κ2) is 5.45. The number of esters is 1. The molecule has 2 nitrogen and oxygen atoms in total. The Balaban J connectivity index is 1.48. The third-order valence-electron chi connectivity index (χ3n) is 5.01. The van der Waals surface area contributed by atoms with Crippen molar-refractivity contribution in [3.63, 3.8) is 0 Å². The Morgan fingerprint density at radius 2 is 1.56 bits per heavy atom. The zero-order valence-electron chi connectivity index (χ0n) is 13.6. The third-order valence-corrected chi connectivity index (χ3v) is 5.01. The van der Waals surface area contributed by atoms with Crippen LogP contribution in [-0.2, 0) is 11.2 Å². The molecule has 120 valence electrons. The van der Waals surface area contributed by atoms with Crippen LogP contribution in [0.3, 0.4) is 0 Å². The largest absolute Gasteiger partial charge is 0.454 e. The number of hydrogen-bond acceptors (Lipinski definition) is 2. The number of carbonyl (C=O) groups excluding carboxylic acids is 1. The fourth-order valence-electron chi connectivity index (χ4n) is 3.82. The zero-order chi connectivity index (χ0) is 16.8. The van der Waals surface area contributed by atoms with Crippen molar-refractivity contribution in [3.8, 4) is 0 Å². The first-order valence-electron chi connectivity index (χ1n) is 8.50. The van der Waals surface area contributed by atoms with E-state index in [2.05, 4.69) is 30.3 Å². The Bertz CT molecular complexity index is 1120. The summed E-state index contributed by atoms with van der Waals surface area (Å²) in [6.07, 6.45) is 0.538. The van der Waals surface area contributed by atoms with E-state index in [1.54, 1.807) is 0 Å². The second-order valence-electron chi connectivity index (χ2n) is 6.52. The van der Waals surface area contributed by atoms with Gasteiger partial charge in [0, 0.05) is 12.0 Å². The number of ether oxygens (including phenoxy) is 1. The van der Waals surface area contributed by atoms with Crippen LogP contribution in [-0.4, -0.2) is 5.97 Å². The summed E-state index contributed by atoms with van der Waals surface area (Å²) in [7, 11) is 0. The molecule has 4 aromatic carbocycles. The highest BCUT2D eigenvalue weighted by Gasteiger charge is 2.27. The number of carbonyl (C=O) groups is 1. The average molecular weight is 324 g/mol. The van der Waals surface area contributed by atoms with Gasteiger partial charge in [0.15, 0.2) is 0 Å². The number of fused-ring (bicyclic) bond motifs is 1. The first-order valence-corrected chi connectivity index (χ1v) is 8.50. The quantitative estimate of drug-likeness (QED) is 0.458. The summed E-state index contributed by atoms with van der Waals surface area (Å²) in [4.78, 5) is 12.7. The molecule has 0 bridgehead atoms. The summed E-state index contributed by atoms with van der Waals surface area (Å²) in [5.74, 6) is -0.263. The summed E-state index contributed by atoms with van der Waals surface area (Å²) in [5, 5.41) is 4.62. The molecule has 1 aliphatic carbocycles. The molecule has 5 rings (SSSR count). The van der Waals surface area contributed by atoms with Crippen molar-refractivity contribution in [1.29, 1.82) is 0 Å². The van der Waals surface area contributed by atoms with E-state index in [0.717, 1.165) is 22.8 Å². The van der Waals surface area contributed by atoms with Gasteiger partial charge in [0.25, 0.3) is 0 Å². The molecule has 0 radical (unpaired) electrons. The molecule has 0 spiro atoms. The fraction of sp³-hybridized carbons (Fsp3) is 0.0870. The van der Waals surface area contributed by atoms with Crippen molar-refractivity contribution in [2.45, 2.75) is 12.5 Å². The number of rotatable bonds is 2. The van der Waals surface area contributed by atoms with Crippen LogP contribution in [0, 0.1) is 0 Å². The van der Waals surface area contributed by atoms with Crippen LogP contribution in [0.5, 0.6) is 0 Å². The van der Waals surface area contributed by atoms with Gasteiger partial charge in [-0.15, -0.1) is 0 Å². The predicted molar refractivity (Wildman–Crippen MR) is 99.8 cm³/mol. The first-order chi connectivity index (χ1) is 12.3. The van der Waals surface area contributed by atoms with E-state index >= 15 is 0 Å². The van der Waals surface area contributed by atoms with Gasteiger partial charge in [-0.3, -0.25) is 0 Å². The van der Waals surface area contributed by atoms with E-state index in [9.17, 15) is 4.79 Å². The SMILES string of the molecule is O=C(OC1Cc2cccc3cccc1c23)c1ccc2ccccc2c1. The fourth-order valence-corrected chi connectivity index (χ4v) is 3.82. The van der Waals surface area contributed by atoms with Crippen LogP contribution < -0.4 is 0 Å².